The molecule has 0 unspecified atom stereocenters. The maximum Gasteiger partial charge on any atom is 0.312 e. The van der Waals surface area contributed by atoms with E-state index in [-0.39, 0.29) is 11.8 Å². The summed E-state index contributed by atoms with van der Waals surface area (Å²) in [7, 11) is 0. The molecule has 1 aromatic carbocycles. The van der Waals surface area contributed by atoms with Gasteiger partial charge in [-0.25, -0.2) is 4.39 Å². The summed E-state index contributed by atoms with van der Waals surface area (Å²) in [4.78, 5) is 12.3. The van der Waals surface area contributed by atoms with Gasteiger partial charge in [-0.15, -0.1) is 0 Å². The van der Waals surface area contributed by atoms with Gasteiger partial charge < -0.3 is 10.1 Å². The first kappa shape index (κ1) is 14.0. The molecule has 1 aliphatic heterocycles. The second-order valence-electron chi connectivity index (χ2n) is 5.05. The van der Waals surface area contributed by atoms with E-state index in [0.717, 1.165) is 31.5 Å². The van der Waals surface area contributed by atoms with Crippen LogP contribution in [0.1, 0.15) is 25.3 Å². The van der Waals surface area contributed by atoms with Gasteiger partial charge in [0.15, 0.2) is 0 Å². The number of carbonyl (C=O) groups excluding carboxylic acids is 1. The average molecular weight is 265 g/mol. The van der Waals surface area contributed by atoms with Gasteiger partial charge in [0.25, 0.3) is 0 Å². The molecule has 4 heteroatoms. The first-order valence-corrected chi connectivity index (χ1v) is 6.79. The van der Waals surface area contributed by atoms with Crippen molar-refractivity contribution in [3.8, 4) is 0 Å². The molecular formula is C15H20FNO2. The lowest BCUT2D eigenvalue weighted by molar-refractivity contribution is -0.157. The predicted molar refractivity (Wildman–Crippen MR) is 71.3 cm³/mol. The molecule has 1 N–H and O–H groups in total. The molecule has 1 aromatic rings. The van der Waals surface area contributed by atoms with Gasteiger partial charge in [-0.05, 0) is 57.0 Å². The molecule has 104 valence electrons. The maximum absolute atomic E-state index is 12.9. The summed E-state index contributed by atoms with van der Waals surface area (Å²) in [6.45, 7) is 3.86. The van der Waals surface area contributed by atoms with Gasteiger partial charge in [0.1, 0.15) is 5.82 Å². The third kappa shape index (κ3) is 3.32. The minimum atomic E-state index is -0.459. The molecule has 2 rings (SSSR count). The summed E-state index contributed by atoms with van der Waals surface area (Å²) in [5.74, 6) is -0.375. The summed E-state index contributed by atoms with van der Waals surface area (Å²) in [6.07, 6.45) is 2.15. The van der Waals surface area contributed by atoms with Crippen molar-refractivity contribution in [3.05, 3.63) is 35.6 Å². The van der Waals surface area contributed by atoms with Crippen LogP contribution in [0.3, 0.4) is 0 Å². The fourth-order valence-corrected chi connectivity index (χ4v) is 2.64. The molecular weight excluding hydrogens is 245 g/mol. The summed E-state index contributed by atoms with van der Waals surface area (Å²) in [6, 6.07) is 6.38. The molecule has 0 saturated carbocycles. The molecule has 3 nitrogen and oxygen atoms in total. The van der Waals surface area contributed by atoms with E-state index in [9.17, 15) is 9.18 Å². The summed E-state index contributed by atoms with van der Waals surface area (Å²) in [5, 5.41) is 3.26. The Bertz CT molecular complexity index is 424. The fraction of sp³-hybridized carbons (Fsp3) is 0.533. The lowest BCUT2D eigenvalue weighted by Crippen LogP contribution is -2.44. The van der Waals surface area contributed by atoms with Crippen LogP contribution >= 0.6 is 0 Å². The van der Waals surface area contributed by atoms with Gasteiger partial charge in [0.2, 0.25) is 0 Å². The topological polar surface area (TPSA) is 38.3 Å². The Morgan fingerprint density at radius 3 is 2.53 bits per heavy atom. The van der Waals surface area contributed by atoms with Gasteiger partial charge >= 0.3 is 5.97 Å². The molecule has 0 aliphatic carbocycles. The van der Waals surface area contributed by atoms with Crippen molar-refractivity contribution in [2.45, 2.75) is 26.2 Å². The highest BCUT2D eigenvalue weighted by Crippen LogP contribution is 2.34. The van der Waals surface area contributed by atoms with Crippen molar-refractivity contribution in [1.29, 1.82) is 0 Å². The van der Waals surface area contributed by atoms with Gasteiger partial charge in [-0.2, -0.15) is 0 Å². The van der Waals surface area contributed by atoms with Crippen molar-refractivity contribution in [1.82, 2.24) is 5.32 Å². The van der Waals surface area contributed by atoms with Gasteiger partial charge in [-0.3, -0.25) is 4.79 Å². The van der Waals surface area contributed by atoms with Crippen LogP contribution in [0.15, 0.2) is 24.3 Å². The van der Waals surface area contributed by atoms with E-state index >= 15 is 0 Å². The zero-order valence-electron chi connectivity index (χ0n) is 11.2. The lowest BCUT2D eigenvalue weighted by Gasteiger charge is -2.35. The van der Waals surface area contributed by atoms with Crippen LogP contribution in [0, 0.1) is 11.2 Å². The maximum atomic E-state index is 12.9. The predicted octanol–water partition coefficient (Wildman–Crippen LogP) is 2.30. The zero-order chi connectivity index (χ0) is 13.7. The molecule has 19 heavy (non-hydrogen) atoms. The van der Waals surface area contributed by atoms with Crippen LogP contribution in [-0.2, 0) is 16.0 Å². The number of rotatable bonds is 4. The number of nitrogens with one attached hydrogen (secondary N) is 1. The largest absolute Gasteiger partial charge is 0.466 e. The van der Waals surface area contributed by atoms with Crippen molar-refractivity contribution >= 4 is 5.97 Å². The average Bonchev–Trinajstić information content (AvgIpc) is 2.43. The minimum absolute atomic E-state index is 0.124. The number of hydrogen-bond acceptors (Lipinski definition) is 3. The Morgan fingerprint density at radius 2 is 1.95 bits per heavy atom. The number of ether oxygens (including phenoxy) is 1. The quantitative estimate of drug-likeness (QED) is 0.849. The van der Waals surface area contributed by atoms with Crippen LogP contribution in [0.25, 0.3) is 0 Å². The molecule has 0 spiro atoms. The highest BCUT2D eigenvalue weighted by atomic mass is 19.1. The van der Waals surface area contributed by atoms with Crippen molar-refractivity contribution < 1.29 is 13.9 Å². The van der Waals surface area contributed by atoms with Crippen LogP contribution in [0.4, 0.5) is 4.39 Å². The Balaban J connectivity index is 2.17. The first-order chi connectivity index (χ1) is 9.16. The van der Waals surface area contributed by atoms with Crippen LogP contribution in [-0.4, -0.2) is 25.7 Å². The van der Waals surface area contributed by atoms with E-state index in [4.69, 9.17) is 4.74 Å². The normalized spacial score (nSPS) is 18.0. The summed E-state index contributed by atoms with van der Waals surface area (Å²) in [5.41, 5.74) is 0.523. The molecule has 0 aromatic heterocycles. The SMILES string of the molecule is CCOC(=O)C1(Cc2ccc(F)cc2)CCNCC1. The van der Waals surface area contributed by atoms with E-state index in [1.165, 1.54) is 12.1 Å². The first-order valence-electron chi connectivity index (χ1n) is 6.79. The molecule has 1 heterocycles. The third-order valence-corrected chi connectivity index (χ3v) is 3.72. The Kier molecular flexibility index (Phi) is 4.53. The van der Waals surface area contributed by atoms with Crippen molar-refractivity contribution in [3.63, 3.8) is 0 Å². The standard InChI is InChI=1S/C15H20FNO2/c1-2-19-14(18)15(7-9-17-10-8-15)11-12-3-5-13(16)6-4-12/h3-6,17H,2,7-11H2,1H3. The number of benzene rings is 1. The molecule has 1 fully saturated rings. The number of esters is 1. The molecule has 0 radical (unpaired) electrons. The van der Waals surface area contributed by atoms with Crippen LogP contribution < -0.4 is 5.32 Å². The van der Waals surface area contributed by atoms with Gasteiger partial charge in [-0.1, -0.05) is 12.1 Å². The Hall–Kier alpha value is -1.42. The van der Waals surface area contributed by atoms with Crippen molar-refractivity contribution in [2.75, 3.05) is 19.7 Å². The van der Waals surface area contributed by atoms with Gasteiger partial charge in [0, 0.05) is 0 Å². The third-order valence-electron chi connectivity index (χ3n) is 3.72. The van der Waals surface area contributed by atoms with E-state index in [1.807, 2.05) is 6.92 Å². The van der Waals surface area contributed by atoms with E-state index in [0.29, 0.717) is 13.0 Å². The Labute approximate surface area is 113 Å². The number of halogens is 1. The number of piperidine rings is 1. The van der Waals surface area contributed by atoms with Crippen LogP contribution in [0.2, 0.25) is 0 Å². The van der Waals surface area contributed by atoms with E-state index in [1.54, 1.807) is 12.1 Å². The summed E-state index contributed by atoms with van der Waals surface area (Å²) < 4.78 is 18.2. The van der Waals surface area contributed by atoms with E-state index < -0.39 is 5.41 Å². The van der Waals surface area contributed by atoms with Crippen LogP contribution in [0.5, 0.6) is 0 Å². The number of carbonyl (C=O) groups is 1. The lowest BCUT2D eigenvalue weighted by atomic mass is 9.74. The molecule has 0 atom stereocenters. The fourth-order valence-electron chi connectivity index (χ4n) is 2.64. The second kappa shape index (κ2) is 6.15. The molecule has 0 bridgehead atoms. The molecule has 1 saturated heterocycles. The summed E-state index contributed by atoms with van der Waals surface area (Å²) >= 11 is 0. The highest BCUT2D eigenvalue weighted by Gasteiger charge is 2.40. The molecule has 1 aliphatic rings. The minimum Gasteiger partial charge on any atom is -0.466 e. The number of hydrogen-bond donors (Lipinski definition) is 1. The second-order valence-corrected chi connectivity index (χ2v) is 5.05. The van der Waals surface area contributed by atoms with Crippen molar-refractivity contribution in [2.24, 2.45) is 5.41 Å². The Morgan fingerprint density at radius 1 is 1.32 bits per heavy atom. The molecule has 0 amide bonds. The monoisotopic (exact) mass is 265 g/mol. The zero-order valence-corrected chi connectivity index (χ0v) is 11.2. The smallest absolute Gasteiger partial charge is 0.312 e. The van der Waals surface area contributed by atoms with Gasteiger partial charge in [0.05, 0.1) is 12.0 Å². The highest BCUT2D eigenvalue weighted by molar-refractivity contribution is 5.77. The van der Waals surface area contributed by atoms with E-state index in [2.05, 4.69) is 5.32 Å².